The van der Waals surface area contributed by atoms with E-state index in [4.69, 9.17) is 4.74 Å². The molecule has 0 N–H and O–H groups in total. The van der Waals surface area contributed by atoms with Gasteiger partial charge in [-0.2, -0.15) is 25.8 Å². The highest BCUT2D eigenvalue weighted by atomic mass is 32.1. The smallest absolute Gasteiger partial charge is 0.417 e. The van der Waals surface area contributed by atoms with Crippen molar-refractivity contribution in [2.45, 2.75) is 38.6 Å². The summed E-state index contributed by atoms with van der Waals surface area (Å²) in [5, 5.41) is 0. The van der Waals surface area contributed by atoms with Crippen LogP contribution in [0.3, 0.4) is 0 Å². The summed E-state index contributed by atoms with van der Waals surface area (Å²) >= 11 is 4.22. The van der Waals surface area contributed by atoms with Crippen LogP contribution in [0, 0.1) is 5.82 Å². The average Bonchev–Trinajstić information content (AvgIpc) is 2.51. The van der Waals surface area contributed by atoms with Gasteiger partial charge in [0, 0.05) is 31.6 Å². The SMILES string of the molecule is CC(C)(C)OC(=O)N1CCN(c2ncc(C(F)(F)F)cc2F)[C@@H](CS)C1. The molecule has 0 bridgehead atoms. The lowest BCUT2D eigenvalue weighted by molar-refractivity contribution is -0.138. The van der Waals surface area contributed by atoms with Crippen molar-refractivity contribution in [3.63, 3.8) is 0 Å². The van der Waals surface area contributed by atoms with Crippen molar-refractivity contribution in [2.75, 3.05) is 30.3 Å². The van der Waals surface area contributed by atoms with E-state index >= 15 is 0 Å². The van der Waals surface area contributed by atoms with Gasteiger partial charge < -0.3 is 14.5 Å². The van der Waals surface area contributed by atoms with Crippen LogP contribution in [0.5, 0.6) is 0 Å². The predicted octanol–water partition coefficient (Wildman–Crippen LogP) is 3.60. The fourth-order valence-electron chi connectivity index (χ4n) is 2.58. The Bertz CT molecular complexity index is 664. The maximum Gasteiger partial charge on any atom is 0.417 e. The molecular formula is C16H21F4N3O2S. The number of carbonyl (C=O) groups excluding carboxylic acids is 1. The van der Waals surface area contributed by atoms with Crippen LogP contribution in [0.1, 0.15) is 26.3 Å². The Hall–Kier alpha value is -1.71. The Balaban J connectivity index is 2.16. The maximum absolute atomic E-state index is 14.2. The molecule has 1 atom stereocenters. The summed E-state index contributed by atoms with van der Waals surface area (Å²) < 4.78 is 57.5. The molecule has 1 aliphatic heterocycles. The van der Waals surface area contributed by atoms with E-state index in [2.05, 4.69) is 17.6 Å². The van der Waals surface area contributed by atoms with Crippen LogP contribution in [-0.4, -0.2) is 53.0 Å². The number of piperazine rings is 1. The number of nitrogens with zero attached hydrogens (tertiary/aromatic N) is 3. The molecule has 1 aliphatic rings. The summed E-state index contributed by atoms with van der Waals surface area (Å²) in [4.78, 5) is 18.9. The number of carbonyl (C=O) groups is 1. The second kappa shape index (κ2) is 7.50. The number of ether oxygens (including phenoxy) is 1. The van der Waals surface area contributed by atoms with Crippen LogP contribution in [-0.2, 0) is 10.9 Å². The second-order valence-corrected chi connectivity index (χ2v) is 7.35. The molecule has 2 rings (SSSR count). The Kier molecular flexibility index (Phi) is 5.94. The van der Waals surface area contributed by atoms with E-state index in [0.717, 1.165) is 0 Å². The zero-order valence-electron chi connectivity index (χ0n) is 14.7. The van der Waals surface area contributed by atoms with Crippen molar-refractivity contribution in [1.29, 1.82) is 0 Å². The van der Waals surface area contributed by atoms with E-state index in [-0.39, 0.29) is 31.2 Å². The number of thiol groups is 1. The summed E-state index contributed by atoms with van der Waals surface area (Å²) in [6.07, 6.45) is -4.55. The molecule has 1 aromatic rings. The quantitative estimate of drug-likeness (QED) is 0.614. The lowest BCUT2D eigenvalue weighted by Gasteiger charge is -2.41. The van der Waals surface area contributed by atoms with E-state index in [1.54, 1.807) is 20.8 Å². The zero-order valence-corrected chi connectivity index (χ0v) is 15.6. The minimum absolute atomic E-state index is 0.180. The van der Waals surface area contributed by atoms with Gasteiger partial charge >= 0.3 is 12.3 Å². The Morgan fingerprint density at radius 1 is 1.35 bits per heavy atom. The van der Waals surface area contributed by atoms with Crippen LogP contribution >= 0.6 is 12.6 Å². The number of aromatic nitrogens is 1. The first-order valence-corrected chi connectivity index (χ1v) is 8.64. The number of halogens is 4. The van der Waals surface area contributed by atoms with E-state index in [1.165, 1.54) is 9.80 Å². The van der Waals surface area contributed by atoms with Crippen LogP contribution < -0.4 is 4.90 Å². The number of alkyl halides is 3. The standard InChI is InChI=1S/C16H21F4N3O2S/c1-15(2,3)25-14(24)22-4-5-23(11(8-22)9-26)13-12(17)6-10(7-21-13)16(18,19)20/h6-7,11,26H,4-5,8-9H2,1-3H3/t11-/m1/s1. The fraction of sp³-hybridized carbons (Fsp3) is 0.625. The molecule has 10 heteroatoms. The highest BCUT2D eigenvalue weighted by Gasteiger charge is 2.35. The summed E-state index contributed by atoms with van der Waals surface area (Å²) in [5.74, 6) is -0.972. The Labute approximate surface area is 154 Å². The molecule has 0 unspecified atom stereocenters. The van der Waals surface area contributed by atoms with Crippen molar-refractivity contribution < 1.29 is 27.1 Å². The van der Waals surface area contributed by atoms with E-state index in [9.17, 15) is 22.4 Å². The first-order valence-electron chi connectivity index (χ1n) is 8.00. The molecule has 2 heterocycles. The Morgan fingerprint density at radius 3 is 2.50 bits per heavy atom. The second-order valence-electron chi connectivity index (χ2n) is 6.98. The van der Waals surface area contributed by atoms with Gasteiger partial charge in [-0.15, -0.1) is 0 Å². The van der Waals surface area contributed by atoms with E-state index in [1.807, 2.05) is 0 Å². The van der Waals surface area contributed by atoms with E-state index in [0.29, 0.717) is 12.3 Å². The number of hydrogen-bond acceptors (Lipinski definition) is 5. The number of rotatable bonds is 2. The molecular weight excluding hydrogens is 374 g/mol. The van der Waals surface area contributed by atoms with Gasteiger partial charge in [0.15, 0.2) is 11.6 Å². The molecule has 0 spiro atoms. The minimum Gasteiger partial charge on any atom is -0.444 e. The van der Waals surface area contributed by atoms with Crippen LogP contribution in [0.4, 0.5) is 28.2 Å². The molecule has 1 saturated heterocycles. The highest BCUT2D eigenvalue weighted by molar-refractivity contribution is 7.80. The van der Waals surface area contributed by atoms with Gasteiger partial charge in [0.1, 0.15) is 5.60 Å². The molecule has 0 saturated carbocycles. The lowest BCUT2D eigenvalue weighted by atomic mass is 10.1. The average molecular weight is 395 g/mol. The summed E-state index contributed by atoms with van der Waals surface area (Å²) in [7, 11) is 0. The normalized spacial score (nSPS) is 18.8. The molecule has 1 amide bonds. The van der Waals surface area contributed by atoms with Crippen LogP contribution in [0.2, 0.25) is 0 Å². The molecule has 26 heavy (non-hydrogen) atoms. The third-order valence-electron chi connectivity index (χ3n) is 3.77. The van der Waals surface area contributed by atoms with Gasteiger partial charge in [-0.1, -0.05) is 0 Å². The van der Waals surface area contributed by atoms with Gasteiger partial charge in [-0.3, -0.25) is 0 Å². The van der Waals surface area contributed by atoms with Crippen molar-refractivity contribution in [3.8, 4) is 0 Å². The highest BCUT2D eigenvalue weighted by Crippen LogP contribution is 2.32. The number of pyridine rings is 1. The maximum atomic E-state index is 14.2. The van der Waals surface area contributed by atoms with Gasteiger partial charge in [-0.25, -0.2) is 14.2 Å². The predicted molar refractivity (Wildman–Crippen MR) is 92.0 cm³/mol. The molecule has 0 radical (unpaired) electrons. The van der Waals surface area contributed by atoms with Gasteiger partial charge in [0.05, 0.1) is 11.6 Å². The number of anilines is 1. The molecule has 0 aliphatic carbocycles. The van der Waals surface area contributed by atoms with Crippen molar-refractivity contribution in [3.05, 3.63) is 23.6 Å². The van der Waals surface area contributed by atoms with Crippen molar-refractivity contribution in [1.82, 2.24) is 9.88 Å². The van der Waals surface area contributed by atoms with Crippen molar-refractivity contribution in [2.24, 2.45) is 0 Å². The van der Waals surface area contributed by atoms with Gasteiger partial charge in [0.2, 0.25) is 0 Å². The monoisotopic (exact) mass is 395 g/mol. The number of amides is 1. The van der Waals surface area contributed by atoms with Gasteiger partial charge in [0.25, 0.3) is 0 Å². The minimum atomic E-state index is -4.66. The largest absolute Gasteiger partial charge is 0.444 e. The topological polar surface area (TPSA) is 45.7 Å². The summed E-state index contributed by atoms with van der Waals surface area (Å²) in [6, 6.07) is 0.0244. The van der Waals surface area contributed by atoms with Gasteiger partial charge in [-0.05, 0) is 26.8 Å². The molecule has 1 aromatic heterocycles. The lowest BCUT2D eigenvalue weighted by Crippen LogP contribution is -2.56. The molecule has 1 fully saturated rings. The third-order valence-corrected chi connectivity index (χ3v) is 4.19. The summed E-state index contributed by atoms with van der Waals surface area (Å²) in [6.45, 7) is 5.90. The number of hydrogen-bond donors (Lipinski definition) is 1. The third kappa shape index (κ3) is 4.93. The first kappa shape index (κ1) is 20.6. The van der Waals surface area contributed by atoms with Crippen LogP contribution in [0.25, 0.3) is 0 Å². The van der Waals surface area contributed by atoms with Crippen molar-refractivity contribution >= 4 is 24.5 Å². The fourth-order valence-corrected chi connectivity index (χ4v) is 2.89. The van der Waals surface area contributed by atoms with Crippen LogP contribution in [0.15, 0.2) is 12.3 Å². The summed E-state index contributed by atoms with van der Waals surface area (Å²) in [5.41, 5.74) is -1.79. The molecule has 146 valence electrons. The molecule has 0 aromatic carbocycles. The first-order chi connectivity index (χ1) is 11.9. The Morgan fingerprint density at radius 2 is 2.00 bits per heavy atom. The van der Waals surface area contributed by atoms with E-state index < -0.39 is 35.3 Å². The zero-order chi connectivity index (χ0) is 19.7. The molecule has 5 nitrogen and oxygen atoms in total.